The first-order valence-corrected chi connectivity index (χ1v) is 8.41. The Morgan fingerprint density at radius 1 is 0.926 bits per heavy atom. The molecule has 3 aromatic rings. The highest BCUT2D eigenvalue weighted by molar-refractivity contribution is 5.65. The van der Waals surface area contributed by atoms with Crippen LogP contribution in [0.25, 0.3) is 0 Å². The zero-order valence-electron chi connectivity index (χ0n) is 15.4. The van der Waals surface area contributed by atoms with Crippen LogP contribution in [0, 0.1) is 0 Å². The predicted octanol–water partition coefficient (Wildman–Crippen LogP) is 3.77. The van der Waals surface area contributed by atoms with Crippen LogP contribution in [0.4, 0.5) is 23.1 Å². The number of ether oxygens (including phenoxy) is 3. The van der Waals surface area contributed by atoms with Gasteiger partial charge in [-0.2, -0.15) is 10.1 Å². The molecule has 0 unspecified atom stereocenters. The molecule has 140 valence electrons. The molecule has 0 saturated carbocycles. The summed E-state index contributed by atoms with van der Waals surface area (Å²) in [7, 11) is 3.17. The minimum absolute atomic E-state index is 0.348. The van der Waals surface area contributed by atoms with Gasteiger partial charge in [0.2, 0.25) is 5.95 Å². The molecule has 0 amide bonds. The van der Waals surface area contributed by atoms with Gasteiger partial charge in [0.1, 0.15) is 5.75 Å². The van der Waals surface area contributed by atoms with E-state index in [0.29, 0.717) is 29.9 Å². The first-order chi connectivity index (χ1) is 13.2. The number of para-hydroxylation sites is 2. The Balaban J connectivity index is 1.78. The normalized spacial score (nSPS) is 10.2. The van der Waals surface area contributed by atoms with E-state index in [1.165, 1.54) is 0 Å². The van der Waals surface area contributed by atoms with Crippen LogP contribution in [-0.4, -0.2) is 36.0 Å². The largest absolute Gasteiger partial charge is 0.493 e. The van der Waals surface area contributed by atoms with Gasteiger partial charge >= 0.3 is 0 Å². The zero-order chi connectivity index (χ0) is 19.1. The summed E-state index contributed by atoms with van der Waals surface area (Å²) in [6.07, 6.45) is 1.54. The molecule has 0 fully saturated rings. The molecule has 27 heavy (non-hydrogen) atoms. The highest BCUT2D eigenvalue weighted by Gasteiger charge is 2.08. The maximum absolute atomic E-state index is 5.61. The van der Waals surface area contributed by atoms with Crippen molar-refractivity contribution in [2.45, 2.75) is 6.92 Å². The number of hydrogen-bond acceptors (Lipinski definition) is 8. The maximum atomic E-state index is 5.61. The molecule has 0 atom stereocenters. The molecule has 0 spiro atoms. The molecule has 8 heteroatoms. The molecule has 0 aliphatic rings. The third-order valence-corrected chi connectivity index (χ3v) is 3.65. The van der Waals surface area contributed by atoms with Gasteiger partial charge in [0, 0.05) is 11.8 Å². The fourth-order valence-corrected chi connectivity index (χ4v) is 2.45. The van der Waals surface area contributed by atoms with Crippen molar-refractivity contribution in [3.8, 4) is 17.2 Å². The van der Waals surface area contributed by atoms with Crippen molar-refractivity contribution in [1.29, 1.82) is 0 Å². The molecule has 0 radical (unpaired) electrons. The van der Waals surface area contributed by atoms with Gasteiger partial charge in [-0.05, 0) is 31.2 Å². The van der Waals surface area contributed by atoms with Gasteiger partial charge in [-0.3, -0.25) is 0 Å². The molecule has 0 aliphatic carbocycles. The second-order valence-corrected chi connectivity index (χ2v) is 5.41. The summed E-state index contributed by atoms with van der Waals surface area (Å²) in [5.74, 6) is 2.88. The number of rotatable bonds is 8. The number of benzene rings is 2. The summed E-state index contributed by atoms with van der Waals surface area (Å²) >= 11 is 0. The smallest absolute Gasteiger partial charge is 0.249 e. The molecule has 1 aromatic heterocycles. The van der Waals surface area contributed by atoms with Crippen LogP contribution in [0.2, 0.25) is 0 Å². The Kier molecular flexibility index (Phi) is 5.88. The zero-order valence-corrected chi connectivity index (χ0v) is 15.4. The third-order valence-electron chi connectivity index (χ3n) is 3.65. The summed E-state index contributed by atoms with van der Waals surface area (Å²) in [5.41, 5.74) is 1.55. The molecule has 8 nitrogen and oxygen atoms in total. The van der Waals surface area contributed by atoms with Crippen molar-refractivity contribution < 1.29 is 14.2 Å². The topological polar surface area (TPSA) is 90.4 Å². The SMILES string of the molecule is CCOc1ccccc1Nc1cnnc(Nc2ccc(OC)c(OC)c2)n1. The van der Waals surface area contributed by atoms with E-state index >= 15 is 0 Å². The van der Waals surface area contributed by atoms with Gasteiger partial charge < -0.3 is 24.8 Å². The van der Waals surface area contributed by atoms with Crippen LogP contribution < -0.4 is 24.8 Å². The van der Waals surface area contributed by atoms with Gasteiger partial charge in [0.25, 0.3) is 0 Å². The first kappa shape index (κ1) is 18.2. The summed E-state index contributed by atoms with van der Waals surface area (Å²) in [4.78, 5) is 4.44. The summed E-state index contributed by atoms with van der Waals surface area (Å²) in [6.45, 7) is 2.51. The standard InChI is InChI=1S/C19H21N5O3/c1-4-27-15-8-6-5-7-14(15)22-18-12-20-24-19(23-18)21-13-9-10-16(25-2)17(11-13)26-3/h5-12H,4H2,1-3H3,(H2,21,22,23,24). The minimum atomic E-state index is 0.348. The lowest BCUT2D eigenvalue weighted by molar-refractivity contribution is 0.342. The lowest BCUT2D eigenvalue weighted by atomic mass is 10.3. The Labute approximate surface area is 157 Å². The molecule has 3 rings (SSSR count). The molecule has 2 N–H and O–H groups in total. The number of hydrogen-bond donors (Lipinski definition) is 2. The molecular formula is C19H21N5O3. The van der Waals surface area contributed by atoms with Crippen molar-refractivity contribution in [3.05, 3.63) is 48.7 Å². The second kappa shape index (κ2) is 8.70. The quantitative estimate of drug-likeness (QED) is 0.622. The van der Waals surface area contributed by atoms with Crippen LogP contribution in [0.1, 0.15) is 6.92 Å². The second-order valence-electron chi connectivity index (χ2n) is 5.41. The van der Waals surface area contributed by atoms with Gasteiger partial charge in [-0.25, -0.2) is 0 Å². The predicted molar refractivity (Wildman–Crippen MR) is 104 cm³/mol. The van der Waals surface area contributed by atoms with E-state index in [1.54, 1.807) is 32.5 Å². The number of nitrogens with one attached hydrogen (secondary N) is 2. The van der Waals surface area contributed by atoms with Crippen LogP contribution in [0.3, 0.4) is 0 Å². The van der Waals surface area contributed by atoms with Gasteiger partial charge in [-0.1, -0.05) is 12.1 Å². The number of aromatic nitrogens is 3. The molecule has 0 bridgehead atoms. The molecule has 0 saturated heterocycles. The number of methoxy groups -OCH3 is 2. The lowest BCUT2D eigenvalue weighted by Gasteiger charge is -2.12. The van der Waals surface area contributed by atoms with Crippen molar-refractivity contribution in [1.82, 2.24) is 15.2 Å². The van der Waals surface area contributed by atoms with Crippen molar-refractivity contribution in [3.63, 3.8) is 0 Å². The van der Waals surface area contributed by atoms with Crippen LogP contribution in [0.5, 0.6) is 17.2 Å². The first-order valence-electron chi connectivity index (χ1n) is 8.41. The minimum Gasteiger partial charge on any atom is -0.493 e. The molecule has 1 heterocycles. The molecular weight excluding hydrogens is 346 g/mol. The van der Waals surface area contributed by atoms with E-state index in [1.807, 2.05) is 37.3 Å². The maximum Gasteiger partial charge on any atom is 0.249 e. The fourth-order valence-electron chi connectivity index (χ4n) is 2.45. The van der Waals surface area contributed by atoms with Crippen LogP contribution >= 0.6 is 0 Å². The Hall–Kier alpha value is -3.55. The average Bonchev–Trinajstić information content (AvgIpc) is 2.70. The van der Waals surface area contributed by atoms with E-state index in [0.717, 1.165) is 17.1 Å². The Morgan fingerprint density at radius 2 is 1.74 bits per heavy atom. The van der Waals surface area contributed by atoms with E-state index in [4.69, 9.17) is 14.2 Å². The number of nitrogens with zero attached hydrogens (tertiary/aromatic N) is 3. The van der Waals surface area contributed by atoms with Crippen molar-refractivity contribution in [2.75, 3.05) is 31.5 Å². The summed E-state index contributed by atoms with van der Waals surface area (Å²) in [5, 5.41) is 14.3. The highest BCUT2D eigenvalue weighted by atomic mass is 16.5. The van der Waals surface area contributed by atoms with Crippen molar-refractivity contribution >= 4 is 23.1 Å². The van der Waals surface area contributed by atoms with Gasteiger partial charge in [0.05, 0.1) is 32.7 Å². The lowest BCUT2D eigenvalue weighted by Crippen LogP contribution is -2.04. The van der Waals surface area contributed by atoms with E-state index in [9.17, 15) is 0 Å². The molecule has 0 aliphatic heterocycles. The van der Waals surface area contributed by atoms with E-state index < -0.39 is 0 Å². The van der Waals surface area contributed by atoms with E-state index in [-0.39, 0.29) is 0 Å². The van der Waals surface area contributed by atoms with Crippen LogP contribution in [-0.2, 0) is 0 Å². The van der Waals surface area contributed by atoms with Crippen LogP contribution in [0.15, 0.2) is 48.7 Å². The Morgan fingerprint density at radius 3 is 2.52 bits per heavy atom. The van der Waals surface area contributed by atoms with Gasteiger partial charge in [-0.15, -0.1) is 5.10 Å². The van der Waals surface area contributed by atoms with E-state index in [2.05, 4.69) is 25.8 Å². The Bertz CT molecular complexity index is 904. The number of anilines is 4. The van der Waals surface area contributed by atoms with Crippen molar-refractivity contribution in [2.24, 2.45) is 0 Å². The van der Waals surface area contributed by atoms with Gasteiger partial charge in [0.15, 0.2) is 17.3 Å². The fraction of sp³-hybridized carbons (Fsp3) is 0.211. The summed E-state index contributed by atoms with van der Waals surface area (Å²) in [6, 6.07) is 13.1. The summed E-state index contributed by atoms with van der Waals surface area (Å²) < 4.78 is 16.2. The third kappa shape index (κ3) is 4.55. The average molecular weight is 367 g/mol. The highest BCUT2D eigenvalue weighted by Crippen LogP contribution is 2.31. The molecule has 2 aromatic carbocycles. The monoisotopic (exact) mass is 367 g/mol.